The Morgan fingerprint density at radius 3 is 2.53 bits per heavy atom. The Balaban J connectivity index is 2.30. The Hall–Kier alpha value is -2.28. The van der Waals surface area contributed by atoms with E-state index >= 15 is 0 Å². The van der Waals surface area contributed by atoms with Crippen LogP contribution in [0.3, 0.4) is 0 Å². The monoisotopic (exact) mass is 268 g/mol. The molecular formula is C12H10F2N2O3. The van der Waals surface area contributed by atoms with Crippen molar-refractivity contribution >= 4 is 5.97 Å². The third kappa shape index (κ3) is 2.45. The van der Waals surface area contributed by atoms with Crippen molar-refractivity contribution in [2.45, 2.75) is 12.0 Å². The van der Waals surface area contributed by atoms with Gasteiger partial charge in [-0.25, -0.2) is 9.48 Å². The van der Waals surface area contributed by atoms with Crippen molar-refractivity contribution in [3.05, 3.63) is 48.3 Å². The molecule has 0 fully saturated rings. The van der Waals surface area contributed by atoms with Gasteiger partial charge in [0.25, 0.3) is 0 Å². The van der Waals surface area contributed by atoms with Crippen LogP contribution in [0.4, 0.5) is 8.78 Å². The van der Waals surface area contributed by atoms with Crippen molar-refractivity contribution < 1.29 is 23.8 Å². The van der Waals surface area contributed by atoms with Gasteiger partial charge in [-0.2, -0.15) is 13.9 Å². The molecule has 19 heavy (non-hydrogen) atoms. The number of alkyl halides is 2. The largest absolute Gasteiger partial charge is 0.477 e. The van der Waals surface area contributed by atoms with Crippen LogP contribution in [0.1, 0.15) is 11.7 Å². The Morgan fingerprint density at radius 2 is 1.95 bits per heavy atom. The number of rotatable bonds is 4. The summed E-state index contributed by atoms with van der Waals surface area (Å²) < 4.78 is 27.6. The quantitative estimate of drug-likeness (QED) is 0.883. The lowest BCUT2D eigenvalue weighted by Gasteiger charge is -2.16. The predicted molar refractivity (Wildman–Crippen MR) is 61.1 cm³/mol. The molecule has 0 aliphatic heterocycles. The lowest BCUT2D eigenvalue weighted by atomic mass is 10.1. The molecule has 0 bridgehead atoms. The summed E-state index contributed by atoms with van der Waals surface area (Å²) in [6, 6.07) is 8.64. The Labute approximate surface area is 106 Å². The number of aromatic nitrogens is 2. The van der Waals surface area contributed by atoms with Crippen LogP contribution in [0.15, 0.2) is 42.7 Å². The van der Waals surface area contributed by atoms with Gasteiger partial charge < -0.3 is 10.2 Å². The number of carbonyl (C=O) groups is 1. The summed E-state index contributed by atoms with van der Waals surface area (Å²) in [4.78, 5) is 10.4. The van der Waals surface area contributed by atoms with E-state index in [4.69, 9.17) is 5.11 Å². The average molecular weight is 268 g/mol. The number of halogens is 2. The number of hydrogen-bond donors (Lipinski definition) is 2. The second-order valence-corrected chi connectivity index (χ2v) is 3.88. The standard InChI is InChI=1S/C12H10F2N2O3/c13-12(14,11(18)19)10(17)8-6-15-16(7-8)9-4-2-1-3-5-9/h1-7,10,17H,(H,18,19). The van der Waals surface area contributed by atoms with Crippen molar-refractivity contribution in [1.29, 1.82) is 0 Å². The van der Waals surface area contributed by atoms with Gasteiger partial charge in [0.15, 0.2) is 6.10 Å². The predicted octanol–water partition coefficient (Wildman–Crippen LogP) is 1.63. The van der Waals surface area contributed by atoms with Gasteiger partial charge in [0.05, 0.1) is 11.9 Å². The van der Waals surface area contributed by atoms with Crippen molar-refractivity contribution in [2.75, 3.05) is 0 Å². The SMILES string of the molecule is O=C(O)C(F)(F)C(O)c1cnn(-c2ccccc2)c1. The molecule has 0 spiro atoms. The lowest BCUT2D eigenvalue weighted by Crippen LogP contribution is -2.35. The number of hydrogen-bond acceptors (Lipinski definition) is 3. The van der Waals surface area contributed by atoms with E-state index in [9.17, 15) is 18.7 Å². The van der Waals surface area contributed by atoms with Crippen LogP contribution in [0.2, 0.25) is 0 Å². The molecule has 1 unspecified atom stereocenters. The van der Waals surface area contributed by atoms with Crippen LogP contribution < -0.4 is 0 Å². The second-order valence-electron chi connectivity index (χ2n) is 3.88. The first kappa shape index (κ1) is 13.2. The number of aliphatic hydroxyl groups is 1. The van der Waals surface area contributed by atoms with Gasteiger partial charge in [-0.1, -0.05) is 18.2 Å². The number of aliphatic carboxylic acids is 1. The minimum absolute atomic E-state index is 0.267. The third-order valence-electron chi connectivity index (χ3n) is 2.57. The summed E-state index contributed by atoms with van der Waals surface area (Å²) >= 11 is 0. The maximum atomic E-state index is 13.2. The number of aliphatic hydroxyl groups excluding tert-OH is 1. The molecule has 0 aliphatic rings. The highest BCUT2D eigenvalue weighted by Crippen LogP contribution is 2.31. The number of carboxylic acids is 1. The number of para-hydroxylation sites is 1. The molecule has 1 atom stereocenters. The van der Waals surface area contributed by atoms with Crippen molar-refractivity contribution in [1.82, 2.24) is 9.78 Å². The molecule has 1 aromatic carbocycles. The van der Waals surface area contributed by atoms with E-state index in [-0.39, 0.29) is 5.56 Å². The third-order valence-corrected chi connectivity index (χ3v) is 2.57. The van der Waals surface area contributed by atoms with E-state index in [1.807, 2.05) is 0 Å². The van der Waals surface area contributed by atoms with Crippen LogP contribution in [-0.4, -0.2) is 31.9 Å². The summed E-state index contributed by atoms with van der Waals surface area (Å²) in [5.41, 5.74) is 0.343. The normalized spacial score (nSPS) is 13.2. The van der Waals surface area contributed by atoms with E-state index in [2.05, 4.69) is 5.10 Å². The van der Waals surface area contributed by atoms with E-state index in [0.717, 1.165) is 12.4 Å². The zero-order valence-corrected chi connectivity index (χ0v) is 9.57. The second kappa shape index (κ2) is 4.77. The molecule has 2 N–H and O–H groups in total. The first-order valence-electron chi connectivity index (χ1n) is 5.32. The molecule has 0 aliphatic carbocycles. The fourth-order valence-corrected chi connectivity index (χ4v) is 1.53. The van der Waals surface area contributed by atoms with Crippen molar-refractivity contribution in [3.63, 3.8) is 0 Å². The first-order chi connectivity index (χ1) is 8.93. The highest BCUT2D eigenvalue weighted by molar-refractivity contribution is 5.76. The fourth-order valence-electron chi connectivity index (χ4n) is 1.53. The van der Waals surface area contributed by atoms with Crippen molar-refractivity contribution in [2.24, 2.45) is 0 Å². The maximum absolute atomic E-state index is 13.2. The van der Waals surface area contributed by atoms with Crippen LogP contribution in [0.25, 0.3) is 5.69 Å². The van der Waals surface area contributed by atoms with Gasteiger partial charge in [-0.05, 0) is 12.1 Å². The smallest absolute Gasteiger partial charge is 0.377 e. The molecule has 0 saturated heterocycles. The molecule has 0 saturated carbocycles. The number of carboxylic acid groups (broad SMARTS) is 1. The minimum Gasteiger partial charge on any atom is -0.477 e. The fraction of sp³-hybridized carbons (Fsp3) is 0.167. The summed E-state index contributed by atoms with van der Waals surface area (Å²) in [5, 5.41) is 21.6. The average Bonchev–Trinajstić information content (AvgIpc) is 2.88. The molecule has 7 heteroatoms. The molecule has 5 nitrogen and oxygen atoms in total. The zero-order valence-electron chi connectivity index (χ0n) is 9.57. The Kier molecular flexibility index (Phi) is 3.30. The Morgan fingerprint density at radius 1 is 1.32 bits per heavy atom. The van der Waals surface area contributed by atoms with Gasteiger partial charge in [0, 0.05) is 11.8 Å². The van der Waals surface area contributed by atoms with Gasteiger partial charge >= 0.3 is 11.9 Å². The molecule has 100 valence electrons. The topological polar surface area (TPSA) is 75.3 Å². The number of nitrogens with zero attached hydrogens (tertiary/aromatic N) is 2. The number of benzene rings is 1. The van der Waals surface area contributed by atoms with E-state index in [0.29, 0.717) is 5.69 Å². The summed E-state index contributed by atoms with van der Waals surface area (Å²) in [6.07, 6.45) is -0.270. The van der Waals surface area contributed by atoms with Gasteiger partial charge in [0.2, 0.25) is 0 Å². The van der Waals surface area contributed by atoms with Crippen LogP contribution in [0, 0.1) is 0 Å². The molecule has 0 radical (unpaired) electrons. The molecular weight excluding hydrogens is 258 g/mol. The summed E-state index contributed by atoms with van der Waals surface area (Å²) in [5.74, 6) is -6.64. The van der Waals surface area contributed by atoms with Crippen LogP contribution >= 0.6 is 0 Å². The molecule has 1 heterocycles. The van der Waals surface area contributed by atoms with E-state index < -0.39 is 18.0 Å². The minimum atomic E-state index is -4.26. The Bertz CT molecular complexity index is 584. The molecule has 2 rings (SSSR count). The first-order valence-corrected chi connectivity index (χ1v) is 5.32. The highest BCUT2D eigenvalue weighted by atomic mass is 19.3. The maximum Gasteiger partial charge on any atom is 0.377 e. The lowest BCUT2D eigenvalue weighted by molar-refractivity contribution is -0.182. The van der Waals surface area contributed by atoms with E-state index in [1.54, 1.807) is 30.3 Å². The van der Waals surface area contributed by atoms with Gasteiger partial charge in [-0.15, -0.1) is 0 Å². The molecule has 0 amide bonds. The van der Waals surface area contributed by atoms with E-state index in [1.165, 1.54) is 4.68 Å². The summed E-state index contributed by atoms with van der Waals surface area (Å²) in [7, 11) is 0. The molecule has 2 aromatic rings. The van der Waals surface area contributed by atoms with Crippen molar-refractivity contribution in [3.8, 4) is 5.69 Å². The van der Waals surface area contributed by atoms with Gasteiger partial charge in [0.1, 0.15) is 0 Å². The molecule has 1 aromatic heterocycles. The summed E-state index contributed by atoms with van der Waals surface area (Å²) in [6.45, 7) is 0. The van der Waals surface area contributed by atoms with Gasteiger partial charge in [-0.3, -0.25) is 0 Å². The van der Waals surface area contributed by atoms with Crippen LogP contribution in [0.5, 0.6) is 0 Å². The van der Waals surface area contributed by atoms with Crippen LogP contribution in [-0.2, 0) is 4.79 Å². The highest BCUT2D eigenvalue weighted by Gasteiger charge is 2.48. The zero-order chi connectivity index (χ0) is 14.0.